The monoisotopic (exact) mass is 322 g/mol. The average Bonchev–Trinajstić information content (AvgIpc) is 2.65. The Bertz CT molecular complexity index is 744. The van der Waals surface area contributed by atoms with Crippen molar-refractivity contribution in [3.05, 3.63) is 65.2 Å². The molecule has 2 aromatic rings. The Morgan fingerprint density at radius 2 is 1.83 bits per heavy atom. The largest absolute Gasteiger partial charge is 0.493 e. The topological polar surface area (TPSA) is 41.6 Å². The Morgan fingerprint density at radius 3 is 2.71 bits per heavy atom. The van der Waals surface area contributed by atoms with Crippen molar-refractivity contribution in [1.29, 1.82) is 0 Å². The van der Waals surface area contributed by atoms with Gasteiger partial charge in [0.05, 0.1) is 6.61 Å². The highest BCUT2D eigenvalue weighted by Crippen LogP contribution is 2.26. The first-order valence-electron chi connectivity index (χ1n) is 8.60. The Hall–Kier alpha value is -2.49. The van der Waals surface area contributed by atoms with Crippen LogP contribution < -0.4 is 10.1 Å². The zero-order chi connectivity index (χ0) is 16.4. The molecular weight excluding hydrogens is 300 g/mol. The summed E-state index contributed by atoms with van der Waals surface area (Å²) in [7, 11) is 0. The van der Waals surface area contributed by atoms with Crippen molar-refractivity contribution in [3.63, 3.8) is 0 Å². The number of urea groups is 1. The number of fused-ring (bicyclic) bond motifs is 2. The van der Waals surface area contributed by atoms with E-state index in [0.717, 1.165) is 25.1 Å². The number of hydrogen-bond donors (Lipinski definition) is 1. The van der Waals surface area contributed by atoms with E-state index in [4.69, 9.17) is 4.74 Å². The molecule has 2 aliphatic rings. The quantitative estimate of drug-likeness (QED) is 0.923. The Labute approximate surface area is 142 Å². The zero-order valence-corrected chi connectivity index (χ0v) is 13.7. The summed E-state index contributed by atoms with van der Waals surface area (Å²) in [6.45, 7) is 2.81. The molecule has 0 saturated heterocycles. The summed E-state index contributed by atoms with van der Waals surface area (Å²) >= 11 is 0. The maximum Gasteiger partial charge on any atom is 0.317 e. The predicted octanol–water partition coefficient (Wildman–Crippen LogP) is 3.01. The van der Waals surface area contributed by atoms with Crippen LogP contribution in [0.2, 0.25) is 0 Å². The number of hydrogen-bond acceptors (Lipinski definition) is 2. The lowest BCUT2D eigenvalue weighted by atomic mass is 9.97. The molecule has 0 radical (unpaired) electrons. The minimum absolute atomic E-state index is 0.0309. The van der Waals surface area contributed by atoms with E-state index in [1.54, 1.807) is 0 Å². The van der Waals surface area contributed by atoms with Gasteiger partial charge in [0.15, 0.2) is 0 Å². The van der Waals surface area contributed by atoms with Gasteiger partial charge in [0, 0.05) is 25.6 Å². The minimum Gasteiger partial charge on any atom is -0.493 e. The fraction of sp³-hybridized carbons (Fsp3) is 0.350. The SMILES string of the molecule is O=C(NCC1COc2ccccc2C1)N1CCc2ccccc2C1. The maximum atomic E-state index is 12.5. The molecule has 0 saturated carbocycles. The summed E-state index contributed by atoms with van der Waals surface area (Å²) in [5, 5.41) is 3.09. The van der Waals surface area contributed by atoms with Crippen molar-refractivity contribution >= 4 is 6.03 Å². The van der Waals surface area contributed by atoms with Crippen molar-refractivity contribution in [3.8, 4) is 5.75 Å². The van der Waals surface area contributed by atoms with Crippen LogP contribution in [-0.2, 0) is 19.4 Å². The molecule has 2 aromatic carbocycles. The second kappa shape index (κ2) is 6.56. The van der Waals surface area contributed by atoms with Crippen LogP contribution in [0.3, 0.4) is 0 Å². The molecule has 4 nitrogen and oxygen atoms in total. The smallest absolute Gasteiger partial charge is 0.317 e. The highest BCUT2D eigenvalue weighted by atomic mass is 16.5. The second-order valence-corrected chi connectivity index (χ2v) is 6.62. The van der Waals surface area contributed by atoms with Gasteiger partial charge in [0.25, 0.3) is 0 Å². The molecule has 0 bridgehead atoms. The van der Waals surface area contributed by atoms with Crippen molar-refractivity contribution in [1.82, 2.24) is 10.2 Å². The number of ether oxygens (including phenoxy) is 1. The van der Waals surface area contributed by atoms with Crippen LogP contribution in [0.1, 0.15) is 16.7 Å². The van der Waals surface area contributed by atoms with Crippen LogP contribution in [0.4, 0.5) is 4.79 Å². The third-order valence-corrected chi connectivity index (χ3v) is 4.92. The van der Waals surface area contributed by atoms with Gasteiger partial charge in [-0.25, -0.2) is 4.79 Å². The predicted molar refractivity (Wildman–Crippen MR) is 93.1 cm³/mol. The summed E-state index contributed by atoms with van der Waals surface area (Å²) < 4.78 is 5.80. The maximum absolute atomic E-state index is 12.5. The highest BCUT2D eigenvalue weighted by Gasteiger charge is 2.23. The lowest BCUT2D eigenvalue weighted by Gasteiger charge is -2.30. The van der Waals surface area contributed by atoms with E-state index in [-0.39, 0.29) is 6.03 Å². The van der Waals surface area contributed by atoms with Gasteiger partial charge in [-0.15, -0.1) is 0 Å². The molecule has 124 valence electrons. The van der Waals surface area contributed by atoms with Crippen molar-refractivity contribution in [2.75, 3.05) is 19.7 Å². The molecule has 24 heavy (non-hydrogen) atoms. The van der Waals surface area contributed by atoms with Crippen LogP contribution in [0, 0.1) is 5.92 Å². The number of carbonyl (C=O) groups is 1. The van der Waals surface area contributed by atoms with E-state index in [9.17, 15) is 4.79 Å². The summed E-state index contributed by atoms with van der Waals surface area (Å²) in [5.41, 5.74) is 3.85. The number of nitrogens with one attached hydrogen (secondary N) is 1. The van der Waals surface area contributed by atoms with E-state index in [0.29, 0.717) is 25.6 Å². The molecule has 1 unspecified atom stereocenters. The number of nitrogens with zero attached hydrogens (tertiary/aromatic N) is 1. The first-order valence-corrected chi connectivity index (χ1v) is 8.60. The van der Waals surface area contributed by atoms with Crippen molar-refractivity contribution < 1.29 is 9.53 Å². The molecule has 0 fully saturated rings. The summed E-state index contributed by atoms with van der Waals surface area (Å²) in [4.78, 5) is 14.4. The van der Waals surface area contributed by atoms with Gasteiger partial charge < -0.3 is 15.0 Å². The first-order chi connectivity index (χ1) is 11.8. The third-order valence-electron chi connectivity index (χ3n) is 4.92. The van der Waals surface area contributed by atoms with Crippen molar-refractivity contribution in [2.24, 2.45) is 5.92 Å². The fourth-order valence-electron chi connectivity index (χ4n) is 3.53. The molecular formula is C20H22N2O2. The van der Waals surface area contributed by atoms with E-state index in [1.807, 2.05) is 29.2 Å². The number of benzene rings is 2. The number of rotatable bonds is 2. The van der Waals surface area contributed by atoms with Crippen LogP contribution in [0.5, 0.6) is 5.75 Å². The standard InChI is InChI=1S/C20H22N2O2/c23-20(22-10-9-16-5-1-2-7-18(16)13-22)21-12-15-11-17-6-3-4-8-19(17)24-14-15/h1-8,15H,9-14H2,(H,21,23). The molecule has 2 aliphatic heterocycles. The van der Waals surface area contributed by atoms with E-state index < -0.39 is 0 Å². The molecule has 2 heterocycles. The van der Waals surface area contributed by atoms with Gasteiger partial charge in [-0.2, -0.15) is 0 Å². The van der Waals surface area contributed by atoms with Crippen LogP contribution in [-0.4, -0.2) is 30.6 Å². The summed E-state index contributed by atoms with van der Waals surface area (Å²) in [6, 6.07) is 16.5. The zero-order valence-electron chi connectivity index (χ0n) is 13.7. The highest BCUT2D eigenvalue weighted by molar-refractivity contribution is 5.74. The molecule has 0 spiro atoms. The van der Waals surface area contributed by atoms with Gasteiger partial charge >= 0.3 is 6.03 Å². The lowest BCUT2D eigenvalue weighted by Crippen LogP contribution is -2.45. The Balaban J connectivity index is 1.32. The minimum atomic E-state index is 0.0309. The fourth-order valence-corrected chi connectivity index (χ4v) is 3.53. The molecule has 1 N–H and O–H groups in total. The number of amides is 2. The van der Waals surface area contributed by atoms with Gasteiger partial charge in [0.2, 0.25) is 0 Å². The Morgan fingerprint density at radius 1 is 1.08 bits per heavy atom. The molecule has 2 amide bonds. The van der Waals surface area contributed by atoms with E-state index >= 15 is 0 Å². The van der Waals surface area contributed by atoms with Gasteiger partial charge in [-0.1, -0.05) is 42.5 Å². The average molecular weight is 322 g/mol. The molecule has 4 heteroatoms. The normalized spacial score (nSPS) is 19.0. The van der Waals surface area contributed by atoms with E-state index in [1.165, 1.54) is 16.7 Å². The first kappa shape index (κ1) is 15.1. The molecule has 0 aliphatic carbocycles. The molecule has 4 rings (SSSR count). The van der Waals surface area contributed by atoms with E-state index in [2.05, 4.69) is 29.6 Å². The number of carbonyl (C=O) groups excluding carboxylic acids is 1. The summed E-state index contributed by atoms with van der Waals surface area (Å²) in [6.07, 6.45) is 1.89. The van der Waals surface area contributed by atoms with Crippen LogP contribution in [0.15, 0.2) is 48.5 Å². The Kier molecular flexibility index (Phi) is 4.11. The molecule has 0 aromatic heterocycles. The molecule has 1 atom stereocenters. The van der Waals surface area contributed by atoms with Crippen molar-refractivity contribution in [2.45, 2.75) is 19.4 Å². The van der Waals surface area contributed by atoms with Crippen LogP contribution >= 0.6 is 0 Å². The second-order valence-electron chi connectivity index (χ2n) is 6.62. The third kappa shape index (κ3) is 3.09. The van der Waals surface area contributed by atoms with Gasteiger partial charge in [-0.3, -0.25) is 0 Å². The van der Waals surface area contributed by atoms with Gasteiger partial charge in [-0.05, 0) is 35.6 Å². The van der Waals surface area contributed by atoms with Gasteiger partial charge in [0.1, 0.15) is 5.75 Å². The summed E-state index contributed by atoms with van der Waals surface area (Å²) in [5.74, 6) is 1.31. The number of para-hydroxylation sites is 1. The van der Waals surface area contributed by atoms with Crippen LogP contribution in [0.25, 0.3) is 0 Å². The lowest BCUT2D eigenvalue weighted by molar-refractivity contribution is 0.182.